The Morgan fingerprint density at radius 2 is 1.92 bits per heavy atom. The number of phenolic OH excluding ortho intramolecular Hbond substituents is 1. The van der Waals surface area contributed by atoms with Crippen LogP contribution in [0.4, 0.5) is 5.69 Å². The van der Waals surface area contributed by atoms with Gasteiger partial charge in [-0.25, -0.2) is 5.43 Å². The predicted molar refractivity (Wildman–Crippen MR) is 82.4 cm³/mol. The molecule has 0 atom stereocenters. The molecule has 9 nitrogen and oxygen atoms in total. The molecule has 1 aliphatic heterocycles. The van der Waals surface area contributed by atoms with E-state index in [2.05, 4.69) is 10.5 Å². The molecule has 1 heterocycles. The highest BCUT2D eigenvalue weighted by Crippen LogP contribution is 2.37. The van der Waals surface area contributed by atoms with Gasteiger partial charge in [0.05, 0.1) is 22.8 Å². The zero-order valence-electron chi connectivity index (χ0n) is 12.1. The van der Waals surface area contributed by atoms with Crippen molar-refractivity contribution in [2.24, 2.45) is 5.10 Å². The van der Waals surface area contributed by atoms with Crippen LogP contribution in [-0.2, 0) is 0 Å². The first-order valence-corrected chi connectivity index (χ1v) is 6.75. The second-order valence-corrected chi connectivity index (χ2v) is 4.77. The fourth-order valence-electron chi connectivity index (χ4n) is 2.05. The van der Waals surface area contributed by atoms with Crippen molar-refractivity contribution in [3.63, 3.8) is 0 Å². The lowest BCUT2D eigenvalue weighted by molar-refractivity contribution is -0.385. The average molecular weight is 329 g/mol. The standard InChI is InChI=1S/C15H11N3O6/c19-11-3-1-9(2-4-11)15(20)17-16-7-10-5-13-14(24-8-23-13)6-12(10)18(21)22/h1-7,19H,8H2,(H,17,20)/b16-7-. The number of nitro groups is 1. The molecule has 0 unspecified atom stereocenters. The molecule has 0 aromatic heterocycles. The second-order valence-electron chi connectivity index (χ2n) is 4.77. The van der Waals surface area contributed by atoms with Crippen molar-refractivity contribution < 1.29 is 24.3 Å². The summed E-state index contributed by atoms with van der Waals surface area (Å²) in [6.07, 6.45) is 1.15. The highest BCUT2D eigenvalue weighted by atomic mass is 16.7. The zero-order chi connectivity index (χ0) is 17.1. The van der Waals surface area contributed by atoms with E-state index in [0.717, 1.165) is 6.21 Å². The Morgan fingerprint density at radius 3 is 2.58 bits per heavy atom. The maximum absolute atomic E-state index is 11.9. The van der Waals surface area contributed by atoms with Crippen molar-refractivity contribution in [3.05, 3.63) is 57.6 Å². The van der Waals surface area contributed by atoms with Crippen LogP contribution in [0.3, 0.4) is 0 Å². The third kappa shape index (κ3) is 3.09. The van der Waals surface area contributed by atoms with E-state index in [9.17, 15) is 20.0 Å². The molecule has 9 heteroatoms. The highest BCUT2D eigenvalue weighted by molar-refractivity contribution is 5.95. The first kappa shape index (κ1) is 15.3. The van der Waals surface area contributed by atoms with E-state index in [-0.39, 0.29) is 35.1 Å². The Morgan fingerprint density at radius 1 is 1.25 bits per heavy atom. The van der Waals surface area contributed by atoms with Gasteiger partial charge in [0.25, 0.3) is 11.6 Å². The first-order valence-electron chi connectivity index (χ1n) is 6.75. The zero-order valence-corrected chi connectivity index (χ0v) is 12.1. The quantitative estimate of drug-likeness (QED) is 0.501. The van der Waals surface area contributed by atoms with Crippen molar-refractivity contribution in [3.8, 4) is 17.2 Å². The summed E-state index contributed by atoms with van der Waals surface area (Å²) in [5, 5.41) is 24.0. The van der Waals surface area contributed by atoms with Crippen LogP contribution in [0.5, 0.6) is 17.2 Å². The lowest BCUT2D eigenvalue weighted by Gasteiger charge is -2.02. The van der Waals surface area contributed by atoms with Gasteiger partial charge in [-0.3, -0.25) is 14.9 Å². The van der Waals surface area contributed by atoms with Crippen molar-refractivity contribution >= 4 is 17.8 Å². The molecule has 0 saturated heterocycles. The molecule has 2 N–H and O–H groups in total. The minimum absolute atomic E-state index is 0.00925. The molecule has 0 fully saturated rings. The van der Waals surface area contributed by atoms with Gasteiger partial charge in [0.2, 0.25) is 6.79 Å². The molecule has 2 aromatic rings. The number of aromatic hydroxyl groups is 1. The minimum Gasteiger partial charge on any atom is -0.508 e. The molecule has 0 spiro atoms. The molecular weight excluding hydrogens is 318 g/mol. The fraction of sp³-hybridized carbons (Fsp3) is 0.0667. The van der Waals surface area contributed by atoms with E-state index in [1.807, 2.05) is 0 Å². The normalized spacial score (nSPS) is 12.3. The molecular formula is C15H11N3O6. The van der Waals surface area contributed by atoms with Gasteiger partial charge in [0.15, 0.2) is 11.5 Å². The number of nitrogens with zero attached hydrogens (tertiary/aromatic N) is 2. The summed E-state index contributed by atoms with van der Waals surface area (Å²) in [5.74, 6) is 0.166. The SMILES string of the molecule is O=C(N/N=C\c1cc2c(cc1[N+](=O)[O-])OCO2)c1ccc(O)cc1. The lowest BCUT2D eigenvalue weighted by Crippen LogP contribution is -2.17. The maximum atomic E-state index is 11.9. The Hall–Kier alpha value is -3.62. The lowest BCUT2D eigenvalue weighted by atomic mass is 10.1. The Kier molecular flexibility index (Phi) is 3.98. The number of nitrogens with one attached hydrogen (secondary N) is 1. The van der Waals surface area contributed by atoms with Crippen molar-refractivity contribution in [1.29, 1.82) is 0 Å². The number of hydrogen-bond acceptors (Lipinski definition) is 7. The number of ether oxygens (including phenoxy) is 2. The van der Waals surface area contributed by atoms with Gasteiger partial charge in [0.1, 0.15) is 5.75 Å². The second kappa shape index (κ2) is 6.24. The third-order valence-corrected chi connectivity index (χ3v) is 3.22. The Labute approximate surface area is 135 Å². The molecule has 2 aromatic carbocycles. The Bertz CT molecular complexity index is 832. The van der Waals surface area contributed by atoms with E-state index in [1.165, 1.54) is 36.4 Å². The van der Waals surface area contributed by atoms with E-state index in [0.29, 0.717) is 5.75 Å². The molecule has 122 valence electrons. The molecule has 0 radical (unpaired) electrons. The number of fused-ring (bicyclic) bond motifs is 1. The summed E-state index contributed by atoms with van der Waals surface area (Å²) in [4.78, 5) is 22.4. The van der Waals surface area contributed by atoms with Gasteiger partial charge < -0.3 is 14.6 Å². The molecule has 3 rings (SSSR count). The molecule has 0 aliphatic carbocycles. The van der Waals surface area contributed by atoms with Gasteiger partial charge in [0, 0.05) is 5.56 Å². The number of hydrogen-bond donors (Lipinski definition) is 2. The van der Waals surface area contributed by atoms with E-state index in [1.54, 1.807) is 0 Å². The number of carbonyl (C=O) groups excluding carboxylic acids is 1. The van der Waals surface area contributed by atoms with Crippen LogP contribution in [-0.4, -0.2) is 28.9 Å². The number of carbonyl (C=O) groups is 1. The third-order valence-electron chi connectivity index (χ3n) is 3.22. The van der Waals surface area contributed by atoms with Gasteiger partial charge in [-0.1, -0.05) is 0 Å². The van der Waals surface area contributed by atoms with E-state index >= 15 is 0 Å². The number of phenols is 1. The predicted octanol–water partition coefficient (Wildman–Crippen LogP) is 1.79. The van der Waals surface area contributed by atoms with Crippen LogP contribution >= 0.6 is 0 Å². The van der Waals surface area contributed by atoms with E-state index in [4.69, 9.17) is 9.47 Å². The number of amides is 1. The minimum atomic E-state index is -0.578. The summed E-state index contributed by atoms with van der Waals surface area (Å²) in [6.45, 7) is -0.00925. The van der Waals surface area contributed by atoms with Crippen molar-refractivity contribution in [2.75, 3.05) is 6.79 Å². The maximum Gasteiger partial charge on any atom is 0.282 e. The summed E-state index contributed by atoms with van der Waals surface area (Å²) in [7, 11) is 0. The number of rotatable bonds is 4. The van der Waals surface area contributed by atoms with Crippen molar-refractivity contribution in [1.82, 2.24) is 5.43 Å². The van der Waals surface area contributed by atoms with Gasteiger partial charge >= 0.3 is 0 Å². The van der Waals surface area contributed by atoms with Crippen LogP contribution in [0, 0.1) is 10.1 Å². The molecule has 0 saturated carbocycles. The topological polar surface area (TPSA) is 123 Å². The number of nitro benzene ring substituents is 1. The van der Waals surface area contributed by atoms with Crippen LogP contribution in [0.2, 0.25) is 0 Å². The monoisotopic (exact) mass is 329 g/mol. The summed E-state index contributed by atoms with van der Waals surface area (Å²) >= 11 is 0. The smallest absolute Gasteiger partial charge is 0.282 e. The van der Waals surface area contributed by atoms with E-state index < -0.39 is 10.8 Å². The van der Waals surface area contributed by atoms with Gasteiger partial charge in [-0.05, 0) is 30.3 Å². The first-order chi connectivity index (χ1) is 11.5. The van der Waals surface area contributed by atoms with Gasteiger partial charge in [-0.15, -0.1) is 0 Å². The number of hydrazone groups is 1. The van der Waals surface area contributed by atoms with Crippen LogP contribution < -0.4 is 14.9 Å². The molecule has 0 bridgehead atoms. The molecule has 1 aliphatic rings. The largest absolute Gasteiger partial charge is 0.508 e. The van der Waals surface area contributed by atoms with Crippen LogP contribution in [0.1, 0.15) is 15.9 Å². The molecule has 1 amide bonds. The van der Waals surface area contributed by atoms with Crippen LogP contribution in [0.25, 0.3) is 0 Å². The summed E-state index contributed by atoms with van der Waals surface area (Å²) in [6, 6.07) is 8.22. The van der Waals surface area contributed by atoms with Crippen LogP contribution in [0.15, 0.2) is 41.5 Å². The Balaban J connectivity index is 1.78. The average Bonchev–Trinajstić information content (AvgIpc) is 3.01. The van der Waals surface area contributed by atoms with Crippen molar-refractivity contribution in [2.45, 2.75) is 0 Å². The summed E-state index contributed by atoms with van der Waals surface area (Å²) in [5.41, 5.74) is 2.48. The fourth-order valence-corrected chi connectivity index (χ4v) is 2.05. The number of benzene rings is 2. The van der Waals surface area contributed by atoms with Gasteiger partial charge in [-0.2, -0.15) is 5.10 Å². The highest BCUT2D eigenvalue weighted by Gasteiger charge is 2.22. The summed E-state index contributed by atoms with van der Waals surface area (Å²) < 4.78 is 10.3. The molecule has 24 heavy (non-hydrogen) atoms.